The molecule has 0 saturated heterocycles. The Kier molecular flexibility index (Phi) is 4.11. The second-order valence-corrected chi connectivity index (χ2v) is 7.51. The van der Waals surface area contributed by atoms with E-state index in [0.29, 0.717) is 43.7 Å². The van der Waals surface area contributed by atoms with Crippen molar-refractivity contribution in [3.63, 3.8) is 0 Å². The van der Waals surface area contributed by atoms with E-state index in [1.54, 1.807) is 42.5 Å². The van der Waals surface area contributed by atoms with Crippen LogP contribution in [0.5, 0.6) is 0 Å². The number of aromatic nitrogens is 3. The standard InChI is InChI=1S/C21H11BrF3N3O2/c22-14-2-1-3-17-18(14)30-20(29)28(17)13-7-4-11(5-8-13)19-26-15-9-6-12(21(23,24)25)10-16(15)27-19/h1-10H,(H,26,27). The quantitative estimate of drug-likeness (QED) is 0.346. The van der Waals surface area contributed by atoms with Gasteiger partial charge in [-0.15, -0.1) is 0 Å². The summed E-state index contributed by atoms with van der Waals surface area (Å²) in [5, 5.41) is 0. The monoisotopic (exact) mass is 473 g/mol. The first-order valence-corrected chi connectivity index (χ1v) is 9.58. The summed E-state index contributed by atoms with van der Waals surface area (Å²) in [4.78, 5) is 19.6. The zero-order valence-corrected chi connectivity index (χ0v) is 16.6. The van der Waals surface area contributed by atoms with Crippen molar-refractivity contribution in [1.29, 1.82) is 0 Å². The van der Waals surface area contributed by atoms with Gasteiger partial charge in [0.25, 0.3) is 0 Å². The number of benzene rings is 3. The summed E-state index contributed by atoms with van der Waals surface area (Å²) in [7, 11) is 0. The number of halogens is 4. The number of rotatable bonds is 2. The Morgan fingerprint density at radius 3 is 2.53 bits per heavy atom. The molecule has 0 atom stereocenters. The number of nitrogens with zero attached hydrogens (tertiary/aromatic N) is 2. The fourth-order valence-corrected chi connectivity index (χ4v) is 3.78. The number of hydrogen-bond acceptors (Lipinski definition) is 3. The van der Waals surface area contributed by atoms with Crippen molar-refractivity contribution in [1.82, 2.24) is 14.5 Å². The zero-order chi connectivity index (χ0) is 21.0. The van der Waals surface area contributed by atoms with Gasteiger partial charge in [-0.1, -0.05) is 6.07 Å². The van der Waals surface area contributed by atoms with E-state index in [4.69, 9.17) is 4.42 Å². The van der Waals surface area contributed by atoms with E-state index in [2.05, 4.69) is 25.9 Å². The Morgan fingerprint density at radius 1 is 1.03 bits per heavy atom. The number of aromatic amines is 1. The van der Waals surface area contributed by atoms with Crippen LogP contribution < -0.4 is 5.76 Å². The lowest BCUT2D eigenvalue weighted by Crippen LogP contribution is -2.11. The molecule has 1 N–H and O–H groups in total. The minimum absolute atomic E-state index is 0.297. The van der Waals surface area contributed by atoms with Crippen molar-refractivity contribution in [3.05, 3.63) is 81.3 Å². The smallest absolute Gasteiger partial charge is 0.406 e. The predicted octanol–water partition coefficient (Wildman–Crippen LogP) is 5.91. The van der Waals surface area contributed by atoms with Crippen LogP contribution in [0.15, 0.2) is 74.3 Å². The minimum atomic E-state index is -4.42. The molecule has 5 rings (SSSR count). The topological polar surface area (TPSA) is 63.8 Å². The second kappa shape index (κ2) is 6.60. The van der Waals surface area contributed by atoms with Crippen molar-refractivity contribution in [3.8, 4) is 17.1 Å². The summed E-state index contributed by atoms with van der Waals surface area (Å²) in [5.41, 5.74) is 2.32. The summed E-state index contributed by atoms with van der Waals surface area (Å²) in [6, 6.07) is 15.7. The van der Waals surface area contributed by atoms with Crippen LogP contribution in [0, 0.1) is 0 Å². The highest BCUT2D eigenvalue weighted by atomic mass is 79.9. The molecule has 0 spiro atoms. The van der Waals surface area contributed by atoms with Gasteiger partial charge in [-0.2, -0.15) is 13.2 Å². The van der Waals surface area contributed by atoms with Crippen LogP contribution in [0.3, 0.4) is 0 Å². The summed E-state index contributed by atoms with van der Waals surface area (Å²) in [5.74, 6) is -0.0870. The largest absolute Gasteiger partial charge is 0.424 e. The second-order valence-electron chi connectivity index (χ2n) is 6.65. The maximum Gasteiger partial charge on any atom is 0.424 e. The van der Waals surface area contributed by atoms with Gasteiger partial charge < -0.3 is 9.40 Å². The third-order valence-electron chi connectivity index (χ3n) is 4.77. The highest BCUT2D eigenvalue weighted by Gasteiger charge is 2.30. The Labute approximate surface area is 174 Å². The molecule has 0 saturated carbocycles. The number of nitrogens with one attached hydrogen (secondary N) is 1. The molecule has 2 aromatic heterocycles. The van der Waals surface area contributed by atoms with Crippen molar-refractivity contribution >= 4 is 38.1 Å². The summed E-state index contributed by atoms with van der Waals surface area (Å²) >= 11 is 3.36. The molecular formula is C21H11BrF3N3O2. The number of H-pyrrole nitrogens is 1. The molecule has 3 aromatic carbocycles. The highest BCUT2D eigenvalue weighted by molar-refractivity contribution is 9.10. The number of oxazole rings is 1. The molecule has 5 nitrogen and oxygen atoms in total. The number of alkyl halides is 3. The Hall–Kier alpha value is -3.33. The molecule has 0 radical (unpaired) electrons. The number of fused-ring (bicyclic) bond motifs is 2. The van der Waals surface area contributed by atoms with Gasteiger partial charge in [0, 0.05) is 5.56 Å². The molecule has 0 bridgehead atoms. The van der Waals surface area contributed by atoms with Gasteiger partial charge in [0.05, 0.1) is 32.3 Å². The van der Waals surface area contributed by atoms with Crippen molar-refractivity contribution in [2.45, 2.75) is 6.18 Å². The van der Waals surface area contributed by atoms with Gasteiger partial charge in [-0.3, -0.25) is 0 Å². The average molecular weight is 474 g/mol. The third-order valence-corrected chi connectivity index (χ3v) is 5.39. The summed E-state index contributed by atoms with van der Waals surface area (Å²) < 4.78 is 46.2. The molecule has 2 heterocycles. The van der Waals surface area contributed by atoms with E-state index >= 15 is 0 Å². The Bertz CT molecular complexity index is 1460. The lowest BCUT2D eigenvalue weighted by Gasteiger charge is -2.05. The molecule has 0 aliphatic carbocycles. The van der Waals surface area contributed by atoms with Crippen LogP contribution in [0.1, 0.15) is 5.56 Å². The first-order chi connectivity index (χ1) is 14.3. The SMILES string of the molecule is O=c1oc2c(Br)cccc2n1-c1ccc(-c2nc3ccc(C(F)(F)F)cc3[nH]2)cc1. The number of para-hydroxylation sites is 1. The van der Waals surface area contributed by atoms with E-state index in [1.807, 2.05) is 0 Å². The zero-order valence-electron chi connectivity index (χ0n) is 15.0. The maximum atomic E-state index is 12.9. The third kappa shape index (κ3) is 3.02. The predicted molar refractivity (Wildman–Crippen MR) is 110 cm³/mol. The van der Waals surface area contributed by atoms with Gasteiger partial charge >= 0.3 is 11.9 Å². The molecule has 0 unspecified atom stereocenters. The van der Waals surface area contributed by atoms with Gasteiger partial charge in [0.15, 0.2) is 5.58 Å². The van der Waals surface area contributed by atoms with Gasteiger partial charge in [-0.05, 0) is 70.5 Å². The van der Waals surface area contributed by atoms with E-state index in [9.17, 15) is 18.0 Å². The van der Waals surface area contributed by atoms with Crippen LogP contribution >= 0.6 is 15.9 Å². The lowest BCUT2D eigenvalue weighted by atomic mass is 10.2. The average Bonchev–Trinajstić information content (AvgIpc) is 3.28. The fourth-order valence-electron chi connectivity index (χ4n) is 3.34. The molecule has 0 aliphatic rings. The van der Waals surface area contributed by atoms with Crippen LogP contribution in [-0.2, 0) is 6.18 Å². The molecule has 30 heavy (non-hydrogen) atoms. The molecule has 0 aliphatic heterocycles. The molecule has 150 valence electrons. The van der Waals surface area contributed by atoms with Crippen LogP contribution in [0.25, 0.3) is 39.2 Å². The maximum absolute atomic E-state index is 12.9. The highest BCUT2D eigenvalue weighted by Crippen LogP contribution is 2.32. The minimum Gasteiger partial charge on any atom is -0.406 e. The fraction of sp³-hybridized carbons (Fsp3) is 0.0476. The van der Waals surface area contributed by atoms with Gasteiger partial charge in [0.2, 0.25) is 0 Å². The summed E-state index contributed by atoms with van der Waals surface area (Å²) in [6.07, 6.45) is -4.42. The van der Waals surface area contributed by atoms with Crippen LogP contribution in [0.2, 0.25) is 0 Å². The van der Waals surface area contributed by atoms with Crippen molar-refractivity contribution in [2.24, 2.45) is 0 Å². The van der Waals surface area contributed by atoms with Gasteiger partial charge in [-0.25, -0.2) is 14.3 Å². The number of imidazole rings is 1. The molecule has 0 amide bonds. The van der Waals surface area contributed by atoms with Crippen LogP contribution in [-0.4, -0.2) is 14.5 Å². The molecular weight excluding hydrogens is 463 g/mol. The number of hydrogen-bond donors (Lipinski definition) is 1. The van der Waals surface area contributed by atoms with Gasteiger partial charge in [0.1, 0.15) is 5.82 Å². The molecule has 9 heteroatoms. The summed E-state index contributed by atoms with van der Waals surface area (Å²) in [6.45, 7) is 0. The molecule has 0 fully saturated rings. The van der Waals surface area contributed by atoms with Crippen molar-refractivity contribution in [2.75, 3.05) is 0 Å². The first kappa shape index (κ1) is 18.7. The van der Waals surface area contributed by atoms with Crippen LogP contribution in [0.4, 0.5) is 13.2 Å². The first-order valence-electron chi connectivity index (χ1n) is 8.79. The lowest BCUT2D eigenvalue weighted by molar-refractivity contribution is -0.137. The van der Waals surface area contributed by atoms with E-state index in [1.165, 1.54) is 10.6 Å². The molecule has 5 aromatic rings. The normalized spacial score (nSPS) is 12.1. The Morgan fingerprint density at radius 2 is 1.80 bits per heavy atom. The van der Waals surface area contributed by atoms with E-state index in [0.717, 1.165) is 12.1 Å². The van der Waals surface area contributed by atoms with E-state index in [-0.39, 0.29) is 0 Å². The Balaban J connectivity index is 1.55. The van der Waals surface area contributed by atoms with E-state index < -0.39 is 17.5 Å². The van der Waals surface area contributed by atoms with Crippen molar-refractivity contribution < 1.29 is 17.6 Å².